The van der Waals surface area contributed by atoms with Gasteiger partial charge in [-0.25, -0.2) is 4.39 Å². The van der Waals surface area contributed by atoms with Crippen molar-refractivity contribution < 1.29 is 9.18 Å². The molecule has 0 bridgehead atoms. The van der Waals surface area contributed by atoms with E-state index in [1.807, 2.05) is 32.0 Å². The van der Waals surface area contributed by atoms with E-state index < -0.39 is 0 Å². The van der Waals surface area contributed by atoms with Crippen LogP contribution >= 0.6 is 0 Å². The van der Waals surface area contributed by atoms with Crippen molar-refractivity contribution in [3.8, 4) is 0 Å². The standard InChI is InChI=1S/C21H22FNO/c1-13(2)17-6-4-5-7-18(17)21(24)23-20-12-15-9-8-14(3)10-16(15)11-19(20)22/h4-7,11-13H,3,8-10H2,1-2H3,(H,23,24). The van der Waals surface area contributed by atoms with Crippen LogP contribution < -0.4 is 5.32 Å². The largest absolute Gasteiger partial charge is 0.319 e. The van der Waals surface area contributed by atoms with E-state index in [0.29, 0.717) is 5.56 Å². The number of fused-ring (bicyclic) bond motifs is 1. The minimum absolute atomic E-state index is 0.228. The van der Waals surface area contributed by atoms with Gasteiger partial charge in [0.05, 0.1) is 5.69 Å². The first-order chi connectivity index (χ1) is 11.5. The Morgan fingerprint density at radius 2 is 1.92 bits per heavy atom. The SMILES string of the molecule is C=C1CCc2cc(NC(=O)c3ccccc3C(C)C)c(F)cc2C1. The Bertz CT molecular complexity index is 807. The van der Waals surface area contributed by atoms with Crippen LogP contribution in [0.2, 0.25) is 0 Å². The fraction of sp³-hybridized carbons (Fsp3) is 0.286. The summed E-state index contributed by atoms with van der Waals surface area (Å²) in [4.78, 5) is 12.6. The molecule has 124 valence electrons. The number of halogens is 1. The first-order valence-corrected chi connectivity index (χ1v) is 8.34. The maximum absolute atomic E-state index is 14.4. The highest BCUT2D eigenvalue weighted by atomic mass is 19.1. The van der Waals surface area contributed by atoms with Gasteiger partial charge in [0.1, 0.15) is 5.82 Å². The number of anilines is 1. The van der Waals surface area contributed by atoms with Crippen LogP contribution in [0.15, 0.2) is 48.6 Å². The Hall–Kier alpha value is -2.42. The summed E-state index contributed by atoms with van der Waals surface area (Å²) in [6.07, 6.45) is 2.48. The van der Waals surface area contributed by atoms with Gasteiger partial charge in [-0.05, 0) is 60.1 Å². The molecule has 2 aromatic carbocycles. The van der Waals surface area contributed by atoms with Crippen molar-refractivity contribution in [1.29, 1.82) is 0 Å². The van der Waals surface area contributed by atoms with E-state index in [9.17, 15) is 9.18 Å². The van der Waals surface area contributed by atoms with Gasteiger partial charge >= 0.3 is 0 Å². The van der Waals surface area contributed by atoms with E-state index in [1.165, 1.54) is 6.07 Å². The summed E-state index contributed by atoms with van der Waals surface area (Å²) in [6.45, 7) is 8.07. The molecule has 1 aliphatic carbocycles. The third kappa shape index (κ3) is 3.25. The van der Waals surface area contributed by atoms with Crippen molar-refractivity contribution in [2.24, 2.45) is 0 Å². The molecule has 0 saturated heterocycles. The average molecular weight is 323 g/mol. The highest BCUT2D eigenvalue weighted by Gasteiger charge is 2.18. The lowest BCUT2D eigenvalue weighted by molar-refractivity contribution is 0.102. The van der Waals surface area contributed by atoms with Gasteiger partial charge in [-0.1, -0.05) is 44.2 Å². The zero-order chi connectivity index (χ0) is 17.3. The third-order valence-electron chi connectivity index (χ3n) is 4.55. The van der Waals surface area contributed by atoms with Gasteiger partial charge in [0.25, 0.3) is 5.91 Å². The van der Waals surface area contributed by atoms with E-state index in [-0.39, 0.29) is 23.3 Å². The molecule has 1 N–H and O–H groups in total. The number of nitrogens with one attached hydrogen (secondary N) is 1. The Balaban J connectivity index is 1.89. The number of hydrogen-bond acceptors (Lipinski definition) is 1. The van der Waals surface area contributed by atoms with E-state index in [0.717, 1.165) is 41.5 Å². The first kappa shape index (κ1) is 16.4. The second-order valence-electron chi connectivity index (χ2n) is 6.72. The maximum Gasteiger partial charge on any atom is 0.256 e. The summed E-state index contributed by atoms with van der Waals surface area (Å²) in [6, 6.07) is 10.8. The Morgan fingerprint density at radius 3 is 2.67 bits per heavy atom. The summed E-state index contributed by atoms with van der Waals surface area (Å²) in [7, 11) is 0. The van der Waals surface area contributed by atoms with Crippen molar-refractivity contribution in [3.63, 3.8) is 0 Å². The highest BCUT2D eigenvalue weighted by Crippen LogP contribution is 2.29. The number of aryl methyl sites for hydroxylation is 1. The Morgan fingerprint density at radius 1 is 1.17 bits per heavy atom. The van der Waals surface area contributed by atoms with E-state index in [2.05, 4.69) is 11.9 Å². The maximum atomic E-state index is 14.4. The summed E-state index contributed by atoms with van der Waals surface area (Å²) < 4.78 is 14.4. The van der Waals surface area contributed by atoms with Gasteiger partial charge in [-0.15, -0.1) is 0 Å². The van der Waals surface area contributed by atoms with Crippen LogP contribution in [-0.2, 0) is 12.8 Å². The van der Waals surface area contributed by atoms with Gasteiger partial charge in [0, 0.05) is 5.56 Å². The lowest BCUT2D eigenvalue weighted by Crippen LogP contribution is -2.17. The smallest absolute Gasteiger partial charge is 0.256 e. The minimum atomic E-state index is -0.390. The predicted molar refractivity (Wildman–Crippen MR) is 96.0 cm³/mol. The summed E-state index contributed by atoms with van der Waals surface area (Å²) in [5, 5.41) is 2.75. The molecule has 3 rings (SSSR count). The molecular formula is C21H22FNO. The number of carbonyl (C=O) groups is 1. The molecule has 2 nitrogen and oxygen atoms in total. The number of hydrogen-bond donors (Lipinski definition) is 1. The van der Waals surface area contributed by atoms with Gasteiger partial charge in [0.15, 0.2) is 0 Å². The van der Waals surface area contributed by atoms with Crippen molar-refractivity contribution in [1.82, 2.24) is 0 Å². The molecule has 0 spiro atoms. The second kappa shape index (κ2) is 6.60. The molecule has 0 fully saturated rings. The zero-order valence-electron chi connectivity index (χ0n) is 14.2. The van der Waals surface area contributed by atoms with Crippen LogP contribution in [0.4, 0.5) is 10.1 Å². The summed E-state index contributed by atoms with van der Waals surface area (Å²) in [5.74, 6) is -0.427. The molecule has 0 atom stereocenters. The molecule has 0 heterocycles. The van der Waals surface area contributed by atoms with Crippen LogP contribution in [0.25, 0.3) is 0 Å². The van der Waals surface area contributed by atoms with Crippen molar-refractivity contribution >= 4 is 11.6 Å². The van der Waals surface area contributed by atoms with Crippen molar-refractivity contribution in [2.45, 2.75) is 39.0 Å². The van der Waals surface area contributed by atoms with E-state index >= 15 is 0 Å². The van der Waals surface area contributed by atoms with Crippen LogP contribution in [0.1, 0.15) is 53.2 Å². The molecule has 2 aromatic rings. The van der Waals surface area contributed by atoms with Gasteiger partial charge in [0.2, 0.25) is 0 Å². The molecule has 0 saturated carbocycles. The molecule has 0 aromatic heterocycles. The molecule has 0 unspecified atom stereocenters. The second-order valence-corrected chi connectivity index (χ2v) is 6.72. The molecule has 1 aliphatic rings. The zero-order valence-corrected chi connectivity index (χ0v) is 14.2. The summed E-state index contributed by atoms with van der Waals surface area (Å²) >= 11 is 0. The third-order valence-corrected chi connectivity index (χ3v) is 4.55. The molecular weight excluding hydrogens is 301 g/mol. The van der Waals surface area contributed by atoms with Crippen LogP contribution in [-0.4, -0.2) is 5.91 Å². The van der Waals surface area contributed by atoms with Crippen LogP contribution in [0.5, 0.6) is 0 Å². The van der Waals surface area contributed by atoms with Crippen LogP contribution in [0.3, 0.4) is 0 Å². The molecule has 24 heavy (non-hydrogen) atoms. The first-order valence-electron chi connectivity index (χ1n) is 8.34. The quantitative estimate of drug-likeness (QED) is 0.768. The predicted octanol–water partition coefficient (Wildman–Crippen LogP) is 5.25. The number of benzene rings is 2. The minimum Gasteiger partial charge on any atom is -0.319 e. The monoisotopic (exact) mass is 323 g/mol. The summed E-state index contributed by atoms with van der Waals surface area (Å²) in [5.41, 5.74) is 5.01. The Kier molecular flexibility index (Phi) is 4.52. The number of amides is 1. The molecule has 0 aliphatic heterocycles. The molecule has 1 amide bonds. The topological polar surface area (TPSA) is 29.1 Å². The normalized spacial score (nSPS) is 13.8. The van der Waals surface area contributed by atoms with Crippen molar-refractivity contribution in [3.05, 3.63) is 76.6 Å². The van der Waals surface area contributed by atoms with Gasteiger partial charge < -0.3 is 5.32 Å². The lowest BCUT2D eigenvalue weighted by atomic mass is 9.88. The number of rotatable bonds is 3. The molecule has 0 radical (unpaired) electrons. The van der Waals surface area contributed by atoms with Crippen molar-refractivity contribution in [2.75, 3.05) is 5.32 Å². The number of carbonyl (C=O) groups excluding carboxylic acids is 1. The van der Waals surface area contributed by atoms with Crippen LogP contribution in [0, 0.1) is 5.82 Å². The van der Waals surface area contributed by atoms with E-state index in [1.54, 1.807) is 12.1 Å². The highest BCUT2D eigenvalue weighted by molar-refractivity contribution is 6.05. The number of allylic oxidation sites excluding steroid dienone is 1. The molecule has 3 heteroatoms. The fourth-order valence-electron chi connectivity index (χ4n) is 3.22. The Labute approximate surface area is 142 Å². The fourth-order valence-corrected chi connectivity index (χ4v) is 3.22. The average Bonchev–Trinajstić information content (AvgIpc) is 2.55. The van der Waals surface area contributed by atoms with E-state index in [4.69, 9.17) is 0 Å². The lowest BCUT2D eigenvalue weighted by Gasteiger charge is -2.20. The van der Waals surface area contributed by atoms with Gasteiger partial charge in [-0.2, -0.15) is 0 Å². The van der Waals surface area contributed by atoms with Gasteiger partial charge in [-0.3, -0.25) is 4.79 Å².